The SMILES string of the molecule is CN(CCCN)c1nccn2nc(C(F)(F)F)cc12. The maximum absolute atomic E-state index is 12.6. The van der Waals surface area contributed by atoms with Crippen molar-refractivity contribution in [2.24, 2.45) is 5.73 Å². The Hall–Kier alpha value is -1.83. The summed E-state index contributed by atoms with van der Waals surface area (Å²) in [6.07, 6.45) is -0.905. The Kier molecular flexibility index (Phi) is 3.61. The van der Waals surface area contributed by atoms with Gasteiger partial charge in [-0.15, -0.1) is 0 Å². The molecule has 2 rings (SSSR count). The summed E-state index contributed by atoms with van der Waals surface area (Å²) in [4.78, 5) is 5.88. The summed E-state index contributed by atoms with van der Waals surface area (Å²) in [7, 11) is 1.76. The van der Waals surface area contributed by atoms with Gasteiger partial charge in [-0.3, -0.25) is 0 Å². The van der Waals surface area contributed by atoms with Crippen molar-refractivity contribution in [3.8, 4) is 0 Å². The molecule has 0 aliphatic carbocycles. The summed E-state index contributed by atoms with van der Waals surface area (Å²) >= 11 is 0. The molecule has 0 aliphatic heterocycles. The van der Waals surface area contributed by atoms with Crippen LogP contribution in [0.2, 0.25) is 0 Å². The minimum Gasteiger partial charge on any atom is -0.358 e. The first kappa shape index (κ1) is 13.6. The molecular weight excluding hydrogens is 259 g/mol. The van der Waals surface area contributed by atoms with E-state index in [0.29, 0.717) is 24.4 Å². The van der Waals surface area contributed by atoms with Crippen LogP contribution in [0.15, 0.2) is 18.5 Å². The molecule has 2 N–H and O–H groups in total. The molecule has 0 saturated heterocycles. The fourth-order valence-electron chi connectivity index (χ4n) is 1.78. The highest BCUT2D eigenvalue weighted by Crippen LogP contribution is 2.30. The van der Waals surface area contributed by atoms with Crippen molar-refractivity contribution in [1.82, 2.24) is 14.6 Å². The Morgan fingerprint density at radius 2 is 2.16 bits per heavy atom. The lowest BCUT2D eigenvalue weighted by atomic mass is 10.3. The summed E-state index contributed by atoms with van der Waals surface area (Å²) in [6, 6.07) is 1.00. The number of hydrogen-bond donors (Lipinski definition) is 1. The maximum Gasteiger partial charge on any atom is 0.435 e. The summed E-state index contributed by atoms with van der Waals surface area (Å²) in [5.41, 5.74) is 4.82. The van der Waals surface area contributed by atoms with Crippen molar-refractivity contribution in [3.05, 3.63) is 24.2 Å². The summed E-state index contributed by atoms with van der Waals surface area (Å²) in [5.74, 6) is 0.457. The van der Waals surface area contributed by atoms with Crippen molar-refractivity contribution in [2.75, 3.05) is 25.0 Å². The van der Waals surface area contributed by atoms with E-state index in [2.05, 4.69) is 10.1 Å². The van der Waals surface area contributed by atoms with Crippen LogP contribution in [0.1, 0.15) is 12.1 Å². The quantitative estimate of drug-likeness (QED) is 0.917. The van der Waals surface area contributed by atoms with Gasteiger partial charge in [0.2, 0.25) is 0 Å². The van der Waals surface area contributed by atoms with Crippen LogP contribution in [0, 0.1) is 0 Å². The highest BCUT2D eigenvalue weighted by Gasteiger charge is 2.34. The van der Waals surface area contributed by atoms with Gasteiger partial charge in [-0.25, -0.2) is 9.50 Å². The minimum atomic E-state index is -4.46. The average molecular weight is 273 g/mol. The van der Waals surface area contributed by atoms with Crippen LogP contribution in [0.3, 0.4) is 0 Å². The van der Waals surface area contributed by atoms with Gasteiger partial charge in [-0.05, 0) is 13.0 Å². The number of halogens is 3. The highest BCUT2D eigenvalue weighted by atomic mass is 19.4. The van der Waals surface area contributed by atoms with E-state index in [0.717, 1.165) is 12.5 Å². The molecule has 5 nitrogen and oxygen atoms in total. The van der Waals surface area contributed by atoms with E-state index in [-0.39, 0.29) is 0 Å². The summed E-state index contributed by atoms with van der Waals surface area (Å²) in [6.45, 7) is 1.14. The minimum absolute atomic E-state index is 0.328. The van der Waals surface area contributed by atoms with Gasteiger partial charge in [0.1, 0.15) is 5.52 Å². The van der Waals surface area contributed by atoms with Gasteiger partial charge in [-0.2, -0.15) is 18.3 Å². The Labute approximate surface area is 107 Å². The highest BCUT2D eigenvalue weighted by molar-refractivity contribution is 5.68. The van der Waals surface area contributed by atoms with Crippen LogP contribution in [0.5, 0.6) is 0 Å². The molecule has 8 heteroatoms. The van der Waals surface area contributed by atoms with E-state index >= 15 is 0 Å². The van der Waals surface area contributed by atoms with E-state index < -0.39 is 11.9 Å². The van der Waals surface area contributed by atoms with E-state index in [1.807, 2.05) is 0 Å². The number of rotatable bonds is 4. The fraction of sp³-hybridized carbons (Fsp3) is 0.455. The number of nitrogens with two attached hydrogens (primary N) is 1. The number of fused-ring (bicyclic) bond motifs is 1. The number of anilines is 1. The Balaban J connectivity index is 2.42. The molecule has 2 aromatic rings. The largest absolute Gasteiger partial charge is 0.435 e. The van der Waals surface area contributed by atoms with Crippen molar-refractivity contribution in [2.45, 2.75) is 12.6 Å². The van der Waals surface area contributed by atoms with Crippen LogP contribution in [0.4, 0.5) is 19.0 Å². The predicted octanol–water partition coefficient (Wildman–Crippen LogP) is 1.53. The van der Waals surface area contributed by atoms with Crippen molar-refractivity contribution < 1.29 is 13.2 Å². The van der Waals surface area contributed by atoms with E-state index in [9.17, 15) is 13.2 Å². The molecule has 0 unspecified atom stereocenters. The van der Waals surface area contributed by atoms with Crippen LogP contribution in [-0.2, 0) is 6.18 Å². The molecule has 0 atom stereocenters. The normalized spacial score (nSPS) is 12.1. The first-order valence-corrected chi connectivity index (χ1v) is 5.76. The standard InChI is InChI=1S/C11H14F3N5/c1-18(5-2-3-15)10-8-7-9(11(12,13)14)17-19(8)6-4-16-10/h4,6-7H,2-3,5,15H2,1H3. The van der Waals surface area contributed by atoms with Gasteiger partial charge >= 0.3 is 6.18 Å². The topological polar surface area (TPSA) is 59.5 Å². The van der Waals surface area contributed by atoms with Crippen LogP contribution in [0.25, 0.3) is 5.52 Å². The van der Waals surface area contributed by atoms with E-state index in [1.54, 1.807) is 11.9 Å². The Morgan fingerprint density at radius 3 is 2.79 bits per heavy atom. The number of nitrogens with zero attached hydrogens (tertiary/aromatic N) is 4. The monoisotopic (exact) mass is 273 g/mol. The molecule has 0 aromatic carbocycles. The number of hydrogen-bond acceptors (Lipinski definition) is 4. The molecule has 0 saturated carbocycles. The molecular formula is C11H14F3N5. The summed E-state index contributed by atoms with van der Waals surface area (Å²) < 4.78 is 39.1. The zero-order valence-electron chi connectivity index (χ0n) is 10.4. The lowest BCUT2D eigenvalue weighted by Gasteiger charge is -2.18. The van der Waals surface area contributed by atoms with Crippen molar-refractivity contribution in [3.63, 3.8) is 0 Å². The second kappa shape index (κ2) is 5.04. The molecule has 2 aromatic heterocycles. The smallest absolute Gasteiger partial charge is 0.358 e. The Bertz CT molecular complexity index is 563. The van der Waals surface area contributed by atoms with Crippen LogP contribution >= 0.6 is 0 Å². The van der Waals surface area contributed by atoms with Gasteiger partial charge in [0.25, 0.3) is 0 Å². The third-order valence-corrected chi connectivity index (χ3v) is 2.72. The van der Waals surface area contributed by atoms with Crippen molar-refractivity contribution in [1.29, 1.82) is 0 Å². The number of aromatic nitrogens is 3. The second-order valence-electron chi connectivity index (χ2n) is 4.17. The van der Waals surface area contributed by atoms with Gasteiger partial charge in [-0.1, -0.05) is 0 Å². The maximum atomic E-state index is 12.6. The lowest BCUT2D eigenvalue weighted by Crippen LogP contribution is -2.22. The molecule has 2 heterocycles. The van der Waals surface area contributed by atoms with Gasteiger partial charge < -0.3 is 10.6 Å². The molecule has 19 heavy (non-hydrogen) atoms. The van der Waals surface area contributed by atoms with Crippen molar-refractivity contribution >= 4 is 11.3 Å². The van der Waals surface area contributed by atoms with Gasteiger partial charge in [0.15, 0.2) is 11.5 Å². The average Bonchev–Trinajstić information content (AvgIpc) is 2.79. The molecule has 0 radical (unpaired) electrons. The van der Waals surface area contributed by atoms with E-state index in [1.165, 1.54) is 16.9 Å². The third kappa shape index (κ3) is 2.78. The first-order valence-electron chi connectivity index (χ1n) is 5.76. The van der Waals surface area contributed by atoms with Gasteiger partial charge in [0.05, 0.1) is 0 Å². The molecule has 0 aliphatic rings. The lowest BCUT2D eigenvalue weighted by molar-refractivity contribution is -0.141. The molecule has 0 spiro atoms. The molecule has 0 fully saturated rings. The van der Waals surface area contributed by atoms with Gasteiger partial charge in [0, 0.05) is 32.1 Å². The number of alkyl halides is 3. The molecule has 0 bridgehead atoms. The Morgan fingerprint density at radius 1 is 1.42 bits per heavy atom. The first-order chi connectivity index (χ1) is 8.93. The van der Waals surface area contributed by atoms with E-state index in [4.69, 9.17) is 5.73 Å². The zero-order valence-corrected chi connectivity index (χ0v) is 10.4. The second-order valence-corrected chi connectivity index (χ2v) is 4.17. The third-order valence-electron chi connectivity index (χ3n) is 2.72. The molecule has 0 amide bonds. The predicted molar refractivity (Wildman–Crippen MR) is 64.9 cm³/mol. The van der Waals surface area contributed by atoms with Crippen LogP contribution in [-0.4, -0.2) is 34.7 Å². The fourth-order valence-corrected chi connectivity index (χ4v) is 1.78. The van der Waals surface area contributed by atoms with Crippen LogP contribution < -0.4 is 10.6 Å². The zero-order chi connectivity index (χ0) is 14.0. The summed E-state index contributed by atoms with van der Waals surface area (Å²) in [5, 5.41) is 3.51. The molecule has 104 valence electrons.